The van der Waals surface area contributed by atoms with Crippen molar-refractivity contribution in [3.05, 3.63) is 88.2 Å². The molecule has 2 saturated heterocycles. The molecule has 2 N–H and O–H groups in total. The Morgan fingerprint density at radius 2 is 1.77 bits per heavy atom. The van der Waals surface area contributed by atoms with Gasteiger partial charge in [0.2, 0.25) is 11.8 Å². The molecular formula is C37H37F3N8O4. The van der Waals surface area contributed by atoms with Crippen LogP contribution in [0.4, 0.5) is 18.9 Å². The number of rotatable bonds is 7. The van der Waals surface area contributed by atoms with E-state index in [-0.39, 0.29) is 35.7 Å². The van der Waals surface area contributed by atoms with Gasteiger partial charge >= 0.3 is 11.9 Å². The van der Waals surface area contributed by atoms with Gasteiger partial charge in [-0.1, -0.05) is 18.2 Å². The number of piperidine rings is 2. The van der Waals surface area contributed by atoms with E-state index in [0.29, 0.717) is 18.0 Å². The van der Waals surface area contributed by atoms with E-state index in [9.17, 15) is 32.3 Å². The lowest BCUT2D eigenvalue weighted by atomic mass is 9.79. The molecule has 1 aliphatic carbocycles. The molecule has 270 valence electrons. The number of alkyl halides is 3. The number of aromatic nitrogens is 5. The summed E-state index contributed by atoms with van der Waals surface area (Å²) in [7, 11) is 1.75. The third kappa shape index (κ3) is 6.26. The topological polar surface area (TPSA) is 136 Å². The number of nitrogens with zero attached hydrogens (tertiary/aromatic N) is 6. The van der Waals surface area contributed by atoms with E-state index in [1.54, 1.807) is 34.4 Å². The molecule has 5 heterocycles. The zero-order valence-corrected chi connectivity index (χ0v) is 28.4. The molecule has 0 spiro atoms. The average Bonchev–Trinajstić information content (AvgIpc) is 3.63. The van der Waals surface area contributed by atoms with Crippen LogP contribution in [-0.4, -0.2) is 66.2 Å². The Morgan fingerprint density at radius 3 is 2.52 bits per heavy atom. The molecule has 5 aromatic rings. The lowest BCUT2D eigenvalue weighted by Crippen LogP contribution is -2.44. The summed E-state index contributed by atoms with van der Waals surface area (Å²) in [5.74, 6) is -0.652. The van der Waals surface area contributed by atoms with Gasteiger partial charge in [0.05, 0.1) is 22.6 Å². The van der Waals surface area contributed by atoms with Crippen molar-refractivity contribution in [2.45, 2.75) is 62.7 Å². The van der Waals surface area contributed by atoms with Gasteiger partial charge in [0, 0.05) is 37.3 Å². The number of anilines is 1. The van der Waals surface area contributed by atoms with Crippen molar-refractivity contribution in [2.75, 3.05) is 25.0 Å². The van der Waals surface area contributed by atoms with Crippen molar-refractivity contribution in [3.8, 4) is 0 Å². The van der Waals surface area contributed by atoms with Gasteiger partial charge in [-0.2, -0.15) is 18.3 Å². The maximum absolute atomic E-state index is 13.4. The minimum Gasteiger partial charge on any atom is -0.321 e. The van der Waals surface area contributed by atoms with Crippen molar-refractivity contribution in [3.63, 3.8) is 0 Å². The van der Waals surface area contributed by atoms with E-state index in [4.69, 9.17) is 5.10 Å². The minimum atomic E-state index is -4.64. The fourth-order valence-corrected chi connectivity index (χ4v) is 8.11. The van der Waals surface area contributed by atoms with Crippen LogP contribution in [0.15, 0.2) is 65.6 Å². The Morgan fingerprint density at radius 1 is 1.00 bits per heavy atom. The first-order valence-corrected chi connectivity index (χ1v) is 17.5. The Hall–Kier alpha value is -5.31. The molecule has 8 rings (SSSR count). The van der Waals surface area contributed by atoms with Gasteiger partial charge in [-0.15, -0.1) is 0 Å². The number of likely N-dealkylation sites (tertiary alicyclic amines) is 1. The van der Waals surface area contributed by atoms with Crippen LogP contribution in [0.5, 0.6) is 0 Å². The maximum atomic E-state index is 13.4. The molecule has 15 heteroatoms. The van der Waals surface area contributed by atoms with Crippen LogP contribution in [-0.2, 0) is 22.8 Å². The summed E-state index contributed by atoms with van der Waals surface area (Å²) < 4.78 is 44.3. The summed E-state index contributed by atoms with van der Waals surface area (Å²) in [6, 6.07) is 13.9. The number of imidazole rings is 1. The number of pyridine rings is 1. The third-order valence-corrected chi connectivity index (χ3v) is 10.8. The summed E-state index contributed by atoms with van der Waals surface area (Å²) in [5, 5.41) is 10.6. The number of carbonyl (C=O) groups excluding carboxylic acids is 3. The van der Waals surface area contributed by atoms with E-state index >= 15 is 0 Å². The van der Waals surface area contributed by atoms with E-state index in [1.807, 2.05) is 23.0 Å². The average molecular weight is 715 g/mol. The van der Waals surface area contributed by atoms with Crippen LogP contribution < -0.4 is 16.3 Å². The highest BCUT2D eigenvalue weighted by Crippen LogP contribution is 2.40. The Labute approximate surface area is 295 Å². The van der Waals surface area contributed by atoms with Crippen molar-refractivity contribution >= 4 is 45.3 Å². The SMILES string of the molecule is Cn1c(=O)n(C2CCC(=O)NC2=O)c2cccc(C3CCN(CC4CC(n5cc6cc(NC(=O)c7cccc(C(F)(F)F)n7)ccc6n5)C4)CC3)c21. The van der Waals surface area contributed by atoms with Gasteiger partial charge in [-0.05, 0) is 99.0 Å². The predicted octanol–water partition coefficient (Wildman–Crippen LogP) is 5.16. The minimum absolute atomic E-state index is 0.204. The zero-order valence-electron chi connectivity index (χ0n) is 28.4. The number of nitrogens with one attached hydrogen (secondary N) is 2. The quantitative estimate of drug-likeness (QED) is 0.222. The molecule has 1 saturated carbocycles. The van der Waals surface area contributed by atoms with Crippen molar-refractivity contribution in [1.82, 2.24) is 34.1 Å². The van der Waals surface area contributed by atoms with E-state index in [1.165, 1.54) is 6.07 Å². The number of amides is 3. The largest absolute Gasteiger partial charge is 0.433 e. The second-order valence-corrected chi connectivity index (χ2v) is 14.2. The molecule has 12 nitrogen and oxygen atoms in total. The molecule has 2 aliphatic heterocycles. The number of benzene rings is 2. The number of imide groups is 1. The van der Waals surface area contributed by atoms with Gasteiger partial charge in [0.1, 0.15) is 17.4 Å². The fourth-order valence-electron chi connectivity index (χ4n) is 8.11. The number of para-hydroxylation sites is 1. The first-order valence-electron chi connectivity index (χ1n) is 17.5. The Kier molecular flexibility index (Phi) is 8.47. The first-order chi connectivity index (χ1) is 24.9. The lowest BCUT2D eigenvalue weighted by molar-refractivity contribution is -0.141. The molecule has 3 amide bonds. The van der Waals surface area contributed by atoms with E-state index in [2.05, 4.69) is 26.6 Å². The summed E-state index contributed by atoms with van der Waals surface area (Å²) >= 11 is 0. The molecule has 1 atom stereocenters. The number of fused-ring (bicyclic) bond motifs is 2. The highest BCUT2D eigenvalue weighted by atomic mass is 19.4. The van der Waals surface area contributed by atoms with Crippen LogP contribution >= 0.6 is 0 Å². The molecule has 3 aliphatic rings. The van der Waals surface area contributed by atoms with Crippen LogP contribution in [0.2, 0.25) is 0 Å². The summed E-state index contributed by atoms with van der Waals surface area (Å²) in [6.45, 7) is 2.89. The summed E-state index contributed by atoms with van der Waals surface area (Å²) in [5.41, 5.74) is 2.21. The number of hydrogen-bond donors (Lipinski definition) is 2. The molecule has 0 radical (unpaired) electrons. The van der Waals surface area contributed by atoms with Crippen LogP contribution in [0.25, 0.3) is 21.9 Å². The van der Waals surface area contributed by atoms with Gasteiger partial charge < -0.3 is 10.2 Å². The van der Waals surface area contributed by atoms with Crippen LogP contribution in [0, 0.1) is 5.92 Å². The molecule has 2 aromatic carbocycles. The van der Waals surface area contributed by atoms with Gasteiger partial charge in [-0.3, -0.25) is 33.5 Å². The first kappa shape index (κ1) is 33.8. The highest BCUT2D eigenvalue weighted by Gasteiger charge is 2.36. The smallest absolute Gasteiger partial charge is 0.321 e. The van der Waals surface area contributed by atoms with Crippen molar-refractivity contribution in [2.24, 2.45) is 13.0 Å². The van der Waals surface area contributed by atoms with E-state index < -0.39 is 29.7 Å². The molecule has 0 bridgehead atoms. The number of carbonyl (C=O) groups is 3. The number of aryl methyl sites for hydroxylation is 1. The van der Waals surface area contributed by atoms with E-state index in [0.717, 1.165) is 85.0 Å². The second kappa shape index (κ2) is 13.0. The van der Waals surface area contributed by atoms with Crippen LogP contribution in [0.3, 0.4) is 0 Å². The van der Waals surface area contributed by atoms with Gasteiger partial charge in [0.15, 0.2) is 0 Å². The standard InChI is InChI=1S/C37H37F3N8O4/c1-45-33-26(4-2-6-29(33)48(36(45)52)30-10-11-32(49)43-35(30)51)22-12-14-46(15-13-22)19-21-16-25(17-21)47-20-23-18-24(8-9-27(23)44-47)41-34(50)28-5-3-7-31(42-28)37(38,39)40/h2-9,18,20-22,25,30H,10-17,19H2,1H3,(H,41,50)(H,43,49,51). The normalized spacial score (nSPS) is 21.7. The van der Waals surface area contributed by atoms with Gasteiger partial charge in [0.25, 0.3) is 5.91 Å². The maximum Gasteiger partial charge on any atom is 0.433 e. The van der Waals surface area contributed by atoms with Crippen molar-refractivity contribution < 1.29 is 27.6 Å². The van der Waals surface area contributed by atoms with Crippen LogP contribution in [0.1, 0.15) is 78.3 Å². The lowest BCUT2D eigenvalue weighted by Gasteiger charge is -2.41. The predicted molar refractivity (Wildman–Crippen MR) is 186 cm³/mol. The Bertz CT molecular complexity index is 2280. The zero-order chi connectivity index (χ0) is 36.3. The van der Waals surface area contributed by atoms with Crippen molar-refractivity contribution in [1.29, 1.82) is 0 Å². The monoisotopic (exact) mass is 714 g/mol. The highest BCUT2D eigenvalue weighted by molar-refractivity contribution is 6.04. The molecule has 3 fully saturated rings. The fraction of sp³-hybridized carbons (Fsp3) is 0.405. The summed E-state index contributed by atoms with van der Waals surface area (Å²) in [4.78, 5) is 56.4. The molecular weight excluding hydrogens is 677 g/mol. The summed E-state index contributed by atoms with van der Waals surface area (Å²) in [6.07, 6.45) is 1.72. The third-order valence-electron chi connectivity index (χ3n) is 10.8. The van der Waals surface area contributed by atoms with Gasteiger partial charge in [-0.25, -0.2) is 9.78 Å². The molecule has 1 unspecified atom stereocenters. The second-order valence-electron chi connectivity index (χ2n) is 14.2. The number of halogens is 3. The Balaban J connectivity index is 0.865. The molecule has 52 heavy (non-hydrogen) atoms. The number of hydrogen-bond acceptors (Lipinski definition) is 7. The molecule has 3 aromatic heterocycles.